The minimum absolute atomic E-state index is 0.203. The third kappa shape index (κ3) is 5.31. The molecule has 0 saturated heterocycles. The van der Waals surface area contributed by atoms with Crippen LogP contribution in [0.5, 0.6) is 0 Å². The van der Waals surface area contributed by atoms with Crippen molar-refractivity contribution in [1.82, 2.24) is 0 Å². The van der Waals surface area contributed by atoms with E-state index in [9.17, 15) is 0 Å². The highest BCUT2D eigenvalue weighted by atomic mass is 28.3. The zero-order valence-corrected chi connectivity index (χ0v) is 14.1. The van der Waals surface area contributed by atoms with Gasteiger partial charge in [0.15, 0.2) is 0 Å². The van der Waals surface area contributed by atoms with Gasteiger partial charge in [-0.25, -0.2) is 0 Å². The van der Waals surface area contributed by atoms with Gasteiger partial charge in [0.1, 0.15) is 0 Å². The van der Waals surface area contributed by atoms with Crippen molar-refractivity contribution < 1.29 is 8.85 Å². The smallest absolute Gasteiger partial charge is 0.352 e. The van der Waals surface area contributed by atoms with E-state index in [0.29, 0.717) is 0 Å². The van der Waals surface area contributed by atoms with Gasteiger partial charge in [0.2, 0.25) is 0 Å². The Bertz CT molecular complexity index is 400. The quantitative estimate of drug-likeness (QED) is 0.730. The summed E-state index contributed by atoms with van der Waals surface area (Å²) >= 11 is 0. The van der Waals surface area contributed by atoms with Crippen LogP contribution in [-0.4, -0.2) is 21.5 Å². The summed E-state index contributed by atoms with van der Waals surface area (Å²) in [5, 5.41) is 1.27. The van der Waals surface area contributed by atoms with E-state index in [4.69, 9.17) is 8.85 Å². The molecule has 0 spiro atoms. The summed E-state index contributed by atoms with van der Waals surface area (Å²) in [6.07, 6.45) is 0.405. The van der Waals surface area contributed by atoms with E-state index in [1.54, 1.807) is 0 Å². The molecule has 1 rings (SSSR count). The minimum Gasteiger partial charge on any atom is -0.391 e. The third-order valence-electron chi connectivity index (χ3n) is 2.94. The lowest BCUT2D eigenvalue weighted by Crippen LogP contribution is -2.31. The van der Waals surface area contributed by atoms with Crippen LogP contribution in [0.25, 0.3) is 5.57 Å². The lowest BCUT2D eigenvalue weighted by Gasteiger charge is -2.23. The average molecular weight is 278 g/mol. The maximum absolute atomic E-state index is 6.02. The van der Waals surface area contributed by atoms with Gasteiger partial charge in [-0.1, -0.05) is 30.3 Å². The highest BCUT2D eigenvalue weighted by Crippen LogP contribution is 2.21. The Hall–Kier alpha value is -0.903. The summed E-state index contributed by atoms with van der Waals surface area (Å²) < 4.78 is 12.0. The van der Waals surface area contributed by atoms with E-state index in [1.165, 1.54) is 16.3 Å². The lowest BCUT2D eigenvalue weighted by molar-refractivity contribution is 0.136. The van der Waals surface area contributed by atoms with Crippen LogP contribution < -0.4 is 0 Å². The molecule has 0 unspecified atom stereocenters. The number of hydrogen-bond acceptors (Lipinski definition) is 2. The fraction of sp³-hybridized carbons (Fsp3) is 0.500. The number of benzene rings is 1. The van der Waals surface area contributed by atoms with Crippen molar-refractivity contribution in [3.63, 3.8) is 0 Å². The van der Waals surface area contributed by atoms with Crippen LogP contribution in [0, 0.1) is 0 Å². The van der Waals surface area contributed by atoms with Crippen molar-refractivity contribution in [1.29, 1.82) is 0 Å². The van der Waals surface area contributed by atoms with Crippen LogP contribution >= 0.6 is 0 Å². The Morgan fingerprint density at radius 1 is 0.895 bits per heavy atom. The molecular weight excluding hydrogens is 252 g/mol. The highest BCUT2D eigenvalue weighted by Gasteiger charge is 2.21. The molecule has 0 aromatic heterocycles. The molecule has 0 radical (unpaired) electrons. The monoisotopic (exact) mass is 278 g/mol. The maximum atomic E-state index is 6.02. The molecule has 0 aliphatic carbocycles. The fourth-order valence-electron chi connectivity index (χ4n) is 1.82. The molecule has 0 fully saturated rings. The molecule has 1 aromatic carbocycles. The van der Waals surface area contributed by atoms with Crippen molar-refractivity contribution in [3.8, 4) is 0 Å². The molecule has 0 atom stereocenters. The summed E-state index contributed by atoms with van der Waals surface area (Å²) in [5.41, 5.74) is 2.52. The van der Waals surface area contributed by atoms with Crippen LogP contribution in [-0.2, 0) is 8.85 Å². The van der Waals surface area contributed by atoms with E-state index < -0.39 is 9.28 Å². The SMILES string of the molecule is CC(=C(C)[SiH](OC(C)C)OC(C)C)c1ccccc1. The molecule has 0 heterocycles. The molecule has 19 heavy (non-hydrogen) atoms. The first kappa shape index (κ1) is 16.2. The lowest BCUT2D eigenvalue weighted by atomic mass is 10.1. The standard InChI is InChI=1S/C16H26O2Si/c1-12(2)17-19(18-13(3)4)15(6)14(5)16-10-8-7-9-11-16/h7-13,19H,1-6H3. The summed E-state index contributed by atoms with van der Waals surface area (Å²) in [7, 11) is -1.79. The molecule has 3 heteroatoms. The average Bonchev–Trinajstić information content (AvgIpc) is 2.36. The first-order chi connectivity index (χ1) is 8.91. The molecule has 1 aromatic rings. The van der Waals surface area contributed by atoms with Gasteiger partial charge in [-0.15, -0.1) is 0 Å². The summed E-state index contributed by atoms with van der Waals surface area (Å²) in [6.45, 7) is 12.6. The first-order valence-electron chi connectivity index (χ1n) is 6.95. The van der Waals surface area contributed by atoms with Crippen molar-refractivity contribution in [3.05, 3.63) is 41.1 Å². The van der Waals surface area contributed by atoms with Crippen LogP contribution in [0.15, 0.2) is 35.5 Å². The first-order valence-corrected chi connectivity index (χ1v) is 8.47. The highest BCUT2D eigenvalue weighted by molar-refractivity contribution is 6.55. The van der Waals surface area contributed by atoms with Gasteiger partial charge < -0.3 is 8.85 Å². The molecule has 0 amide bonds. The Kier molecular flexibility index (Phi) is 6.49. The summed E-state index contributed by atoms with van der Waals surface area (Å²) in [6, 6.07) is 10.4. The molecule has 0 aliphatic heterocycles. The van der Waals surface area contributed by atoms with E-state index in [0.717, 1.165) is 0 Å². The molecular formula is C16H26O2Si. The second-order valence-corrected chi connectivity index (χ2v) is 7.45. The van der Waals surface area contributed by atoms with E-state index in [-0.39, 0.29) is 12.2 Å². The Morgan fingerprint density at radius 3 is 1.79 bits per heavy atom. The van der Waals surface area contributed by atoms with Gasteiger partial charge in [-0.2, -0.15) is 0 Å². The zero-order chi connectivity index (χ0) is 14.4. The predicted octanol–water partition coefficient (Wildman–Crippen LogP) is 4.09. The largest absolute Gasteiger partial charge is 0.391 e. The van der Waals surface area contributed by atoms with E-state index >= 15 is 0 Å². The predicted molar refractivity (Wildman–Crippen MR) is 84.3 cm³/mol. The van der Waals surface area contributed by atoms with Crippen LogP contribution in [0.4, 0.5) is 0 Å². The molecule has 0 saturated carbocycles. The van der Waals surface area contributed by atoms with E-state index in [2.05, 4.69) is 65.8 Å². The van der Waals surface area contributed by atoms with Crippen molar-refractivity contribution >= 4 is 14.9 Å². The van der Waals surface area contributed by atoms with Crippen LogP contribution in [0.3, 0.4) is 0 Å². The zero-order valence-electron chi connectivity index (χ0n) is 12.9. The normalized spacial score (nSPS) is 13.3. The van der Waals surface area contributed by atoms with Crippen molar-refractivity contribution in [2.24, 2.45) is 0 Å². The maximum Gasteiger partial charge on any atom is 0.352 e. The molecule has 106 valence electrons. The van der Waals surface area contributed by atoms with E-state index in [1.807, 2.05) is 6.07 Å². The van der Waals surface area contributed by atoms with Gasteiger partial charge in [-0.05, 0) is 57.9 Å². The summed E-state index contributed by atoms with van der Waals surface area (Å²) in [5.74, 6) is 0. The summed E-state index contributed by atoms with van der Waals surface area (Å²) in [4.78, 5) is 0. The molecule has 2 nitrogen and oxygen atoms in total. The Balaban J connectivity index is 2.99. The minimum atomic E-state index is -1.79. The number of allylic oxidation sites excluding steroid dienone is 2. The number of rotatable bonds is 6. The molecule has 0 aliphatic rings. The topological polar surface area (TPSA) is 18.5 Å². The second-order valence-electron chi connectivity index (χ2n) is 5.38. The molecule has 0 N–H and O–H groups in total. The van der Waals surface area contributed by atoms with Crippen LogP contribution in [0.2, 0.25) is 0 Å². The van der Waals surface area contributed by atoms with Gasteiger partial charge in [-0.3, -0.25) is 0 Å². The van der Waals surface area contributed by atoms with Gasteiger partial charge in [0.05, 0.1) is 0 Å². The third-order valence-corrected chi connectivity index (χ3v) is 5.67. The van der Waals surface area contributed by atoms with Crippen molar-refractivity contribution in [2.75, 3.05) is 0 Å². The van der Waals surface area contributed by atoms with Crippen molar-refractivity contribution in [2.45, 2.75) is 53.8 Å². The Morgan fingerprint density at radius 2 is 1.37 bits per heavy atom. The van der Waals surface area contributed by atoms with Gasteiger partial charge in [0.25, 0.3) is 0 Å². The van der Waals surface area contributed by atoms with Gasteiger partial charge >= 0.3 is 9.28 Å². The second kappa shape index (κ2) is 7.63. The fourth-order valence-corrected chi connectivity index (χ4v) is 3.80. The van der Waals surface area contributed by atoms with Gasteiger partial charge in [0, 0.05) is 12.2 Å². The Labute approximate surface area is 119 Å². The number of hydrogen-bond donors (Lipinski definition) is 0. The van der Waals surface area contributed by atoms with Crippen LogP contribution in [0.1, 0.15) is 47.1 Å². The molecule has 0 bridgehead atoms.